The van der Waals surface area contributed by atoms with Crippen LogP contribution in [0.2, 0.25) is 0 Å². The van der Waals surface area contributed by atoms with E-state index < -0.39 is 7.14 Å². The summed E-state index contributed by atoms with van der Waals surface area (Å²) in [5.74, 6) is 1.54. The SMILES string of the molecule is CCc1cc(Nc2ncc(Br)c(Nc3ccc4nccnc4c3P(C)(C)=O)n2)c(OC)cc1N1CCC(N2CCCOC2=O)CC1. The summed E-state index contributed by atoms with van der Waals surface area (Å²) >= 11 is 3.56. The van der Waals surface area contributed by atoms with Gasteiger partial charge in [0.1, 0.15) is 24.2 Å². The Labute approximate surface area is 276 Å². The molecule has 0 unspecified atom stereocenters. The number of aromatic nitrogens is 4. The van der Waals surface area contributed by atoms with Gasteiger partial charge in [-0.3, -0.25) is 9.97 Å². The monoisotopic (exact) mass is 708 g/mol. The van der Waals surface area contributed by atoms with Gasteiger partial charge in [-0.15, -0.1) is 0 Å². The van der Waals surface area contributed by atoms with Crippen molar-refractivity contribution < 1.29 is 18.8 Å². The molecule has 242 valence electrons. The molecule has 14 heteroatoms. The van der Waals surface area contributed by atoms with Gasteiger partial charge in [0.25, 0.3) is 0 Å². The van der Waals surface area contributed by atoms with Crippen LogP contribution in [0.5, 0.6) is 5.75 Å². The van der Waals surface area contributed by atoms with Crippen molar-refractivity contribution in [2.24, 2.45) is 0 Å². The standard InChI is InChI=1S/C32H38BrN8O4P/c1-5-20-17-25(27(44-2)18-26(20)40-14-9-21(10-15-40)41-13-6-16-45-32(41)42)38-31-36-19-22(33)30(39-31)37-24-8-7-23-28(35-12-11-34-23)29(24)46(3,4)43/h7-8,11-12,17-19,21H,5-6,9-10,13-16H2,1-4H3,(H2,36,37,38,39). The minimum absolute atomic E-state index is 0.188. The van der Waals surface area contributed by atoms with E-state index in [2.05, 4.69) is 65.5 Å². The summed E-state index contributed by atoms with van der Waals surface area (Å²) in [4.78, 5) is 34.7. The number of nitrogens with zero attached hydrogens (tertiary/aromatic N) is 6. The largest absolute Gasteiger partial charge is 0.494 e. The molecule has 0 saturated carbocycles. The van der Waals surface area contributed by atoms with E-state index in [0.29, 0.717) is 50.6 Å². The lowest BCUT2D eigenvalue weighted by Crippen LogP contribution is -2.50. The first-order chi connectivity index (χ1) is 22.2. The van der Waals surface area contributed by atoms with Gasteiger partial charge in [-0.05, 0) is 78.7 Å². The first-order valence-corrected chi connectivity index (χ1v) is 18.8. The van der Waals surface area contributed by atoms with Crippen LogP contribution in [0.15, 0.2) is 47.3 Å². The number of piperidine rings is 1. The number of hydrogen-bond acceptors (Lipinski definition) is 11. The highest BCUT2D eigenvalue weighted by Gasteiger charge is 2.31. The van der Waals surface area contributed by atoms with Crippen molar-refractivity contribution in [3.63, 3.8) is 0 Å². The van der Waals surface area contributed by atoms with E-state index in [1.807, 2.05) is 17.0 Å². The fraction of sp³-hybridized carbons (Fsp3) is 0.406. The van der Waals surface area contributed by atoms with Crippen LogP contribution in [0.4, 0.5) is 33.6 Å². The number of anilines is 5. The number of halogens is 1. The zero-order valence-electron chi connectivity index (χ0n) is 26.4. The third-order valence-electron chi connectivity index (χ3n) is 8.43. The molecule has 2 aromatic carbocycles. The molecular weight excluding hydrogens is 671 g/mol. The first kappa shape index (κ1) is 32.0. The number of benzene rings is 2. The molecule has 0 radical (unpaired) electrons. The van der Waals surface area contributed by atoms with Crippen LogP contribution in [0.1, 0.15) is 31.7 Å². The predicted octanol–water partition coefficient (Wildman–Crippen LogP) is 6.30. The molecule has 0 atom stereocenters. The van der Waals surface area contributed by atoms with Crippen LogP contribution in [0.3, 0.4) is 0 Å². The Hall–Kier alpha value is -3.96. The summed E-state index contributed by atoms with van der Waals surface area (Å²) < 4.78 is 25.2. The zero-order chi connectivity index (χ0) is 32.4. The lowest BCUT2D eigenvalue weighted by Gasteiger charge is -2.40. The molecule has 0 bridgehead atoms. The second-order valence-corrected chi connectivity index (χ2v) is 15.8. The number of hydrogen-bond donors (Lipinski definition) is 2. The number of ether oxygens (including phenoxy) is 2. The summed E-state index contributed by atoms with van der Waals surface area (Å²) in [5.41, 5.74) is 4.95. The van der Waals surface area contributed by atoms with E-state index in [-0.39, 0.29) is 12.1 Å². The van der Waals surface area contributed by atoms with Gasteiger partial charge in [0.05, 0.1) is 40.4 Å². The Morgan fingerprint density at radius 2 is 1.85 bits per heavy atom. The number of cyclic esters (lactones) is 1. The molecule has 46 heavy (non-hydrogen) atoms. The second-order valence-electron chi connectivity index (χ2n) is 11.8. The van der Waals surface area contributed by atoms with Crippen LogP contribution in [-0.4, -0.2) is 83.7 Å². The van der Waals surface area contributed by atoms with Gasteiger partial charge in [0.2, 0.25) is 5.95 Å². The van der Waals surface area contributed by atoms with Crippen LogP contribution in [0, 0.1) is 0 Å². The van der Waals surface area contributed by atoms with Crippen molar-refractivity contribution in [1.29, 1.82) is 0 Å². The number of aryl methyl sites for hydroxylation is 1. The quantitative estimate of drug-likeness (QED) is 0.190. The molecule has 0 spiro atoms. The topological polar surface area (TPSA) is 135 Å². The molecule has 2 aliphatic rings. The normalized spacial score (nSPS) is 16.0. The predicted molar refractivity (Wildman–Crippen MR) is 185 cm³/mol. The summed E-state index contributed by atoms with van der Waals surface area (Å²) in [6.07, 6.45) is 8.19. The van der Waals surface area contributed by atoms with Crippen molar-refractivity contribution in [3.8, 4) is 5.75 Å². The van der Waals surface area contributed by atoms with E-state index >= 15 is 0 Å². The molecule has 0 aliphatic carbocycles. The first-order valence-electron chi connectivity index (χ1n) is 15.4. The molecular formula is C32H38BrN8O4P. The minimum Gasteiger partial charge on any atom is -0.494 e. The van der Waals surface area contributed by atoms with Crippen molar-refractivity contribution in [1.82, 2.24) is 24.8 Å². The number of amides is 1. The van der Waals surface area contributed by atoms with E-state index in [9.17, 15) is 9.36 Å². The molecule has 4 heterocycles. The van der Waals surface area contributed by atoms with Gasteiger partial charge in [0, 0.05) is 56.0 Å². The number of fused-ring (bicyclic) bond motifs is 1. The Balaban J connectivity index is 1.24. The van der Waals surface area contributed by atoms with Gasteiger partial charge >= 0.3 is 6.09 Å². The van der Waals surface area contributed by atoms with E-state index in [4.69, 9.17) is 14.5 Å². The highest BCUT2D eigenvalue weighted by Crippen LogP contribution is 2.42. The van der Waals surface area contributed by atoms with E-state index in [1.54, 1.807) is 39.0 Å². The van der Waals surface area contributed by atoms with Gasteiger partial charge in [-0.1, -0.05) is 6.92 Å². The Morgan fingerprint density at radius 3 is 2.57 bits per heavy atom. The number of methoxy groups -OCH3 is 1. The molecule has 2 aromatic heterocycles. The summed E-state index contributed by atoms with van der Waals surface area (Å²) in [5, 5.41) is 7.31. The maximum atomic E-state index is 13.4. The number of carbonyl (C=O) groups is 1. The molecule has 2 fully saturated rings. The lowest BCUT2D eigenvalue weighted by atomic mass is 10.00. The van der Waals surface area contributed by atoms with Gasteiger partial charge < -0.3 is 34.5 Å². The summed E-state index contributed by atoms with van der Waals surface area (Å²) in [7, 11) is -1.10. The van der Waals surface area contributed by atoms with Crippen molar-refractivity contribution in [2.45, 2.75) is 38.6 Å². The van der Waals surface area contributed by atoms with Crippen LogP contribution < -0.4 is 25.6 Å². The number of nitrogens with one attached hydrogen (secondary N) is 2. The maximum Gasteiger partial charge on any atom is 0.410 e. The van der Waals surface area contributed by atoms with Crippen LogP contribution in [0.25, 0.3) is 11.0 Å². The Morgan fingerprint density at radius 1 is 1.07 bits per heavy atom. The van der Waals surface area contributed by atoms with Crippen molar-refractivity contribution in [3.05, 3.63) is 52.9 Å². The van der Waals surface area contributed by atoms with Gasteiger partial charge in [0.15, 0.2) is 0 Å². The van der Waals surface area contributed by atoms with E-state index in [1.165, 1.54) is 0 Å². The molecule has 2 saturated heterocycles. The Kier molecular flexibility index (Phi) is 9.33. The third kappa shape index (κ3) is 6.62. The lowest BCUT2D eigenvalue weighted by molar-refractivity contribution is 0.0499. The molecule has 2 N–H and O–H groups in total. The molecule has 6 rings (SSSR count). The molecule has 12 nitrogen and oxygen atoms in total. The minimum atomic E-state index is -2.75. The number of rotatable bonds is 9. The molecule has 2 aliphatic heterocycles. The smallest absolute Gasteiger partial charge is 0.410 e. The zero-order valence-corrected chi connectivity index (χ0v) is 28.9. The van der Waals surface area contributed by atoms with Gasteiger partial charge in [-0.2, -0.15) is 4.98 Å². The Bertz CT molecular complexity index is 1810. The summed E-state index contributed by atoms with van der Waals surface area (Å²) in [6, 6.07) is 8.06. The third-order valence-corrected chi connectivity index (χ3v) is 10.5. The average molecular weight is 710 g/mol. The second kappa shape index (κ2) is 13.4. The van der Waals surface area contributed by atoms with E-state index in [0.717, 1.165) is 62.3 Å². The van der Waals surface area contributed by atoms with Gasteiger partial charge in [-0.25, -0.2) is 9.78 Å². The average Bonchev–Trinajstić information content (AvgIpc) is 3.05. The highest BCUT2D eigenvalue weighted by molar-refractivity contribution is 9.10. The summed E-state index contributed by atoms with van der Waals surface area (Å²) in [6.45, 7) is 8.54. The molecule has 1 amide bonds. The van der Waals surface area contributed by atoms with Crippen molar-refractivity contribution >= 4 is 74.3 Å². The maximum absolute atomic E-state index is 13.4. The fourth-order valence-corrected chi connectivity index (χ4v) is 7.89. The molecule has 4 aromatic rings. The van der Waals surface area contributed by atoms with Crippen molar-refractivity contribution in [2.75, 3.05) is 62.2 Å². The number of carbonyl (C=O) groups excluding carboxylic acids is 1. The van der Waals surface area contributed by atoms with Crippen LogP contribution in [-0.2, 0) is 15.7 Å². The van der Waals surface area contributed by atoms with Crippen LogP contribution >= 0.6 is 23.1 Å². The highest BCUT2D eigenvalue weighted by atomic mass is 79.9. The fourth-order valence-electron chi connectivity index (χ4n) is 6.21.